The third-order valence-corrected chi connectivity index (χ3v) is 3.42. The molecule has 5 heteroatoms. The van der Waals surface area contributed by atoms with Crippen LogP contribution in [0.4, 0.5) is 0 Å². The Morgan fingerprint density at radius 1 is 1.29 bits per heavy atom. The van der Waals surface area contributed by atoms with Gasteiger partial charge in [-0.1, -0.05) is 12.1 Å². The molecule has 0 spiro atoms. The molecule has 14 heavy (non-hydrogen) atoms. The average Bonchev–Trinajstić information content (AvgIpc) is 2.18. The molecule has 0 aliphatic carbocycles. The van der Waals surface area contributed by atoms with E-state index in [1.54, 1.807) is 24.3 Å². The van der Waals surface area contributed by atoms with E-state index in [-0.39, 0.29) is 10.9 Å². The molecule has 1 atom stereocenters. The Bertz CT molecular complexity index is 395. The number of benzene rings is 1. The van der Waals surface area contributed by atoms with Crippen LogP contribution in [0, 0.1) is 0 Å². The predicted octanol–water partition coefficient (Wildman–Crippen LogP) is 0.614. The summed E-state index contributed by atoms with van der Waals surface area (Å²) in [7, 11) is -1.95. The summed E-state index contributed by atoms with van der Waals surface area (Å²) in [6.07, 6.45) is 0. The molecule has 0 aliphatic rings. The SMILES string of the molecule is CNS(=O)(=O)c1ccc(C(C)N)cc1. The largest absolute Gasteiger partial charge is 0.324 e. The Morgan fingerprint density at radius 3 is 2.14 bits per heavy atom. The number of rotatable bonds is 3. The summed E-state index contributed by atoms with van der Waals surface area (Å²) in [6.45, 7) is 1.85. The van der Waals surface area contributed by atoms with Crippen molar-refractivity contribution in [3.63, 3.8) is 0 Å². The van der Waals surface area contributed by atoms with Crippen molar-refractivity contribution in [3.05, 3.63) is 29.8 Å². The lowest BCUT2D eigenvalue weighted by atomic mass is 10.1. The highest BCUT2D eigenvalue weighted by atomic mass is 32.2. The van der Waals surface area contributed by atoms with E-state index in [4.69, 9.17) is 5.73 Å². The summed E-state index contributed by atoms with van der Waals surface area (Å²) in [5.41, 5.74) is 6.56. The molecule has 0 saturated heterocycles. The van der Waals surface area contributed by atoms with Gasteiger partial charge in [0, 0.05) is 6.04 Å². The van der Waals surface area contributed by atoms with Crippen LogP contribution < -0.4 is 10.5 Å². The quantitative estimate of drug-likeness (QED) is 0.774. The molecule has 1 rings (SSSR count). The molecular weight excluding hydrogens is 200 g/mol. The van der Waals surface area contributed by atoms with E-state index in [1.165, 1.54) is 7.05 Å². The smallest absolute Gasteiger partial charge is 0.240 e. The van der Waals surface area contributed by atoms with Crippen molar-refractivity contribution < 1.29 is 8.42 Å². The van der Waals surface area contributed by atoms with E-state index < -0.39 is 10.0 Å². The minimum absolute atomic E-state index is 0.0821. The molecule has 0 amide bonds. The first kappa shape index (κ1) is 11.2. The first-order chi connectivity index (χ1) is 6.47. The second-order valence-corrected chi connectivity index (χ2v) is 4.95. The van der Waals surface area contributed by atoms with E-state index in [0.717, 1.165) is 5.56 Å². The lowest BCUT2D eigenvalue weighted by Crippen LogP contribution is -2.18. The van der Waals surface area contributed by atoms with Gasteiger partial charge in [0.1, 0.15) is 0 Å². The normalized spacial score (nSPS) is 13.9. The fourth-order valence-corrected chi connectivity index (χ4v) is 1.80. The molecule has 0 saturated carbocycles. The highest BCUT2D eigenvalue weighted by molar-refractivity contribution is 7.89. The van der Waals surface area contributed by atoms with Crippen LogP contribution in [0.15, 0.2) is 29.2 Å². The topological polar surface area (TPSA) is 72.2 Å². The van der Waals surface area contributed by atoms with Gasteiger partial charge in [-0.2, -0.15) is 0 Å². The Balaban J connectivity index is 3.06. The lowest BCUT2D eigenvalue weighted by Gasteiger charge is -2.06. The van der Waals surface area contributed by atoms with E-state index >= 15 is 0 Å². The van der Waals surface area contributed by atoms with Crippen molar-refractivity contribution in [1.29, 1.82) is 0 Å². The second-order valence-electron chi connectivity index (χ2n) is 3.07. The first-order valence-corrected chi connectivity index (χ1v) is 5.75. The molecule has 3 N–H and O–H groups in total. The van der Waals surface area contributed by atoms with Gasteiger partial charge in [0.15, 0.2) is 0 Å². The van der Waals surface area contributed by atoms with E-state index in [1.807, 2.05) is 6.92 Å². The van der Waals surface area contributed by atoms with Crippen LogP contribution in [0.2, 0.25) is 0 Å². The van der Waals surface area contributed by atoms with Crippen LogP contribution in [0.1, 0.15) is 18.5 Å². The zero-order valence-corrected chi connectivity index (χ0v) is 9.01. The summed E-state index contributed by atoms with van der Waals surface area (Å²) in [5.74, 6) is 0. The van der Waals surface area contributed by atoms with E-state index in [0.29, 0.717) is 0 Å². The van der Waals surface area contributed by atoms with Gasteiger partial charge in [0.05, 0.1) is 4.90 Å². The van der Waals surface area contributed by atoms with Gasteiger partial charge in [0.25, 0.3) is 0 Å². The molecular formula is C9H14N2O2S. The maximum Gasteiger partial charge on any atom is 0.240 e. The van der Waals surface area contributed by atoms with Crippen LogP contribution in [0.5, 0.6) is 0 Å². The Labute approximate surface area is 84.2 Å². The number of nitrogens with one attached hydrogen (secondary N) is 1. The fourth-order valence-electron chi connectivity index (χ4n) is 1.07. The van der Waals surface area contributed by atoms with E-state index in [2.05, 4.69) is 4.72 Å². The fraction of sp³-hybridized carbons (Fsp3) is 0.333. The van der Waals surface area contributed by atoms with Crippen molar-refractivity contribution in [2.75, 3.05) is 7.05 Å². The summed E-state index contributed by atoms with van der Waals surface area (Å²) < 4.78 is 24.9. The van der Waals surface area contributed by atoms with Gasteiger partial charge in [-0.05, 0) is 31.7 Å². The van der Waals surface area contributed by atoms with E-state index in [9.17, 15) is 8.42 Å². The minimum atomic E-state index is -3.33. The second kappa shape index (κ2) is 4.08. The molecule has 78 valence electrons. The van der Waals surface area contributed by atoms with Crippen LogP contribution in [0.25, 0.3) is 0 Å². The summed E-state index contributed by atoms with van der Waals surface area (Å²) >= 11 is 0. The summed E-state index contributed by atoms with van der Waals surface area (Å²) in [6, 6.07) is 6.44. The van der Waals surface area contributed by atoms with Gasteiger partial charge >= 0.3 is 0 Å². The molecule has 4 nitrogen and oxygen atoms in total. The molecule has 1 aromatic carbocycles. The van der Waals surface area contributed by atoms with Crippen LogP contribution >= 0.6 is 0 Å². The third-order valence-electron chi connectivity index (χ3n) is 1.98. The summed E-state index contributed by atoms with van der Waals surface area (Å²) in [5, 5.41) is 0. The summed E-state index contributed by atoms with van der Waals surface area (Å²) in [4.78, 5) is 0.254. The van der Waals surface area contributed by atoms with Crippen molar-refractivity contribution in [2.24, 2.45) is 5.73 Å². The number of hydrogen-bond donors (Lipinski definition) is 2. The zero-order valence-electron chi connectivity index (χ0n) is 8.19. The number of sulfonamides is 1. The molecule has 0 aliphatic heterocycles. The van der Waals surface area contributed by atoms with Crippen molar-refractivity contribution >= 4 is 10.0 Å². The monoisotopic (exact) mass is 214 g/mol. The standard InChI is InChI=1S/C9H14N2O2S/c1-7(10)8-3-5-9(6-4-8)14(12,13)11-2/h3-7,11H,10H2,1-2H3. The molecule has 1 unspecified atom stereocenters. The Hall–Kier alpha value is -0.910. The maximum absolute atomic E-state index is 11.3. The number of hydrogen-bond acceptors (Lipinski definition) is 3. The van der Waals surface area contributed by atoms with Crippen molar-refractivity contribution in [1.82, 2.24) is 4.72 Å². The Morgan fingerprint density at radius 2 is 1.79 bits per heavy atom. The lowest BCUT2D eigenvalue weighted by molar-refractivity contribution is 0.588. The molecule has 1 aromatic rings. The van der Waals surface area contributed by atoms with Crippen LogP contribution in [-0.4, -0.2) is 15.5 Å². The Kier molecular flexibility index (Phi) is 3.25. The first-order valence-electron chi connectivity index (χ1n) is 4.26. The van der Waals surface area contributed by atoms with Gasteiger partial charge in [0.2, 0.25) is 10.0 Å². The maximum atomic E-state index is 11.3. The van der Waals surface area contributed by atoms with Gasteiger partial charge in [-0.3, -0.25) is 0 Å². The number of nitrogens with two attached hydrogens (primary N) is 1. The predicted molar refractivity (Wildman–Crippen MR) is 55.3 cm³/mol. The van der Waals surface area contributed by atoms with Gasteiger partial charge in [-0.15, -0.1) is 0 Å². The molecule has 0 heterocycles. The minimum Gasteiger partial charge on any atom is -0.324 e. The van der Waals surface area contributed by atoms with Gasteiger partial charge in [-0.25, -0.2) is 13.1 Å². The average molecular weight is 214 g/mol. The highest BCUT2D eigenvalue weighted by Gasteiger charge is 2.10. The van der Waals surface area contributed by atoms with Crippen molar-refractivity contribution in [3.8, 4) is 0 Å². The zero-order chi connectivity index (χ0) is 10.8. The third kappa shape index (κ3) is 2.31. The highest BCUT2D eigenvalue weighted by Crippen LogP contribution is 2.13. The van der Waals surface area contributed by atoms with Crippen molar-refractivity contribution in [2.45, 2.75) is 17.9 Å². The molecule has 0 fully saturated rings. The molecule has 0 bridgehead atoms. The molecule has 0 radical (unpaired) electrons. The van der Waals surface area contributed by atoms with Gasteiger partial charge < -0.3 is 5.73 Å². The molecule has 0 aromatic heterocycles. The van der Waals surface area contributed by atoms with Crippen LogP contribution in [-0.2, 0) is 10.0 Å². The van der Waals surface area contributed by atoms with Crippen LogP contribution in [0.3, 0.4) is 0 Å².